The van der Waals surface area contributed by atoms with E-state index in [1.807, 2.05) is 13.8 Å². The molecular formula is C19H30N2O5S. The van der Waals surface area contributed by atoms with Crippen LogP contribution >= 0.6 is 0 Å². The number of nitrogens with zero attached hydrogens (tertiary/aromatic N) is 1. The van der Waals surface area contributed by atoms with Crippen molar-refractivity contribution < 1.29 is 22.7 Å². The number of amides is 1. The number of carbonyl (C=O) groups is 1. The molecule has 1 atom stereocenters. The lowest BCUT2D eigenvalue weighted by Crippen LogP contribution is -2.52. The summed E-state index contributed by atoms with van der Waals surface area (Å²) in [6, 6.07) is 2.49. The predicted molar refractivity (Wildman–Crippen MR) is 103 cm³/mol. The Morgan fingerprint density at radius 2 is 1.85 bits per heavy atom. The van der Waals surface area contributed by atoms with E-state index in [-0.39, 0.29) is 16.7 Å². The summed E-state index contributed by atoms with van der Waals surface area (Å²) in [5.74, 6) is 0.606. The summed E-state index contributed by atoms with van der Waals surface area (Å²) in [4.78, 5) is 14.8. The maximum absolute atomic E-state index is 13.0. The minimum absolute atomic E-state index is 0.168. The molecule has 1 fully saturated rings. The van der Waals surface area contributed by atoms with Crippen molar-refractivity contribution in [2.24, 2.45) is 5.92 Å². The van der Waals surface area contributed by atoms with E-state index in [1.165, 1.54) is 0 Å². The molecule has 1 amide bonds. The molecule has 1 aliphatic heterocycles. The average Bonchev–Trinajstić information content (AvgIpc) is 2.62. The van der Waals surface area contributed by atoms with Gasteiger partial charge in [-0.15, -0.1) is 0 Å². The van der Waals surface area contributed by atoms with Gasteiger partial charge in [0, 0.05) is 13.1 Å². The van der Waals surface area contributed by atoms with Crippen LogP contribution in [-0.4, -0.2) is 58.7 Å². The molecule has 1 aromatic rings. The number of ether oxygens (including phenoxy) is 2. The van der Waals surface area contributed by atoms with Gasteiger partial charge >= 0.3 is 0 Å². The number of methoxy groups -OCH3 is 1. The van der Waals surface area contributed by atoms with E-state index in [0.29, 0.717) is 44.0 Å². The number of hydrogen-bond acceptors (Lipinski definition) is 5. The molecule has 1 aliphatic rings. The molecule has 7 nitrogen and oxygen atoms in total. The highest BCUT2D eigenvalue weighted by Gasteiger charge is 2.31. The van der Waals surface area contributed by atoms with E-state index in [1.54, 1.807) is 38.0 Å². The second kappa shape index (κ2) is 9.03. The first-order valence-electron chi connectivity index (χ1n) is 9.19. The van der Waals surface area contributed by atoms with Gasteiger partial charge in [0.05, 0.1) is 25.2 Å². The topological polar surface area (TPSA) is 84.9 Å². The summed E-state index contributed by atoms with van der Waals surface area (Å²) in [7, 11) is -2.30. The van der Waals surface area contributed by atoms with Gasteiger partial charge in [-0.2, -0.15) is 4.72 Å². The van der Waals surface area contributed by atoms with Gasteiger partial charge in [-0.05, 0) is 49.4 Å². The van der Waals surface area contributed by atoms with Gasteiger partial charge in [0.15, 0.2) is 0 Å². The first kappa shape index (κ1) is 21.7. The van der Waals surface area contributed by atoms with Crippen LogP contribution in [0.15, 0.2) is 17.0 Å². The third-order valence-electron chi connectivity index (χ3n) is 4.61. The molecule has 1 N–H and O–H groups in total. The standard InChI is InChI=1S/C19H30N2O5S/c1-13(2)10-16(19(22)21-6-8-26-9-7-21)20-27(23,24)18-12-14(3)17(25-5)11-15(18)4/h11-13,16,20H,6-10H2,1-5H3/t16-/m0/s1. The van der Waals surface area contributed by atoms with Crippen molar-refractivity contribution in [2.45, 2.75) is 45.1 Å². The number of benzene rings is 1. The van der Waals surface area contributed by atoms with Crippen LogP contribution in [0, 0.1) is 19.8 Å². The van der Waals surface area contributed by atoms with Crippen molar-refractivity contribution in [3.63, 3.8) is 0 Å². The van der Waals surface area contributed by atoms with Crippen LogP contribution in [0.25, 0.3) is 0 Å². The molecule has 0 bridgehead atoms. The van der Waals surface area contributed by atoms with E-state index in [4.69, 9.17) is 9.47 Å². The molecule has 0 aromatic heterocycles. The highest BCUT2D eigenvalue weighted by Crippen LogP contribution is 2.26. The number of hydrogen-bond donors (Lipinski definition) is 1. The normalized spacial score (nSPS) is 16.4. The molecule has 0 aliphatic carbocycles. The van der Waals surface area contributed by atoms with E-state index in [9.17, 15) is 13.2 Å². The maximum atomic E-state index is 13.0. The summed E-state index contributed by atoms with van der Waals surface area (Å²) in [6.07, 6.45) is 0.434. The minimum atomic E-state index is -3.85. The number of nitrogens with one attached hydrogen (secondary N) is 1. The van der Waals surface area contributed by atoms with Gasteiger partial charge in [-0.3, -0.25) is 4.79 Å². The van der Waals surface area contributed by atoms with Crippen molar-refractivity contribution in [1.29, 1.82) is 0 Å². The Bertz CT molecular complexity index is 771. The lowest BCUT2D eigenvalue weighted by Gasteiger charge is -2.31. The molecule has 1 saturated heterocycles. The number of sulfonamides is 1. The maximum Gasteiger partial charge on any atom is 0.241 e. The monoisotopic (exact) mass is 398 g/mol. The molecule has 8 heteroatoms. The Balaban J connectivity index is 2.29. The van der Waals surface area contributed by atoms with Crippen LogP contribution in [0.3, 0.4) is 0 Å². The van der Waals surface area contributed by atoms with Gasteiger partial charge < -0.3 is 14.4 Å². The smallest absolute Gasteiger partial charge is 0.241 e. The molecule has 0 unspecified atom stereocenters. The Kier molecular flexibility index (Phi) is 7.25. The molecule has 27 heavy (non-hydrogen) atoms. The molecule has 1 heterocycles. The Hall–Kier alpha value is -1.64. The van der Waals surface area contributed by atoms with Crippen molar-refractivity contribution in [3.8, 4) is 5.75 Å². The summed E-state index contributed by atoms with van der Waals surface area (Å²) >= 11 is 0. The van der Waals surface area contributed by atoms with Gasteiger partial charge in [-0.1, -0.05) is 13.8 Å². The summed E-state index contributed by atoms with van der Waals surface area (Å²) in [5.41, 5.74) is 1.30. The van der Waals surface area contributed by atoms with Crippen LogP contribution in [0.4, 0.5) is 0 Å². The first-order valence-corrected chi connectivity index (χ1v) is 10.7. The van der Waals surface area contributed by atoms with Gasteiger partial charge in [0.25, 0.3) is 0 Å². The van der Waals surface area contributed by atoms with Crippen LogP contribution < -0.4 is 9.46 Å². The molecule has 0 saturated carbocycles. The number of carbonyl (C=O) groups excluding carboxylic acids is 1. The Labute approximate surface area is 162 Å². The van der Waals surface area contributed by atoms with Crippen molar-refractivity contribution in [2.75, 3.05) is 33.4 Å². The van der Waals surface area contributed by atoms with Crippen LogP contribution in [-0.2, 0) is 19.6 Å². The van der Waals surface area contributed by atoms with Gasteiger partial charge in [0.2, 0.25) is 15.9 Å². The van der Waals surface area contributed by atoms with Crippen molar-refractivity contribution in [3.05, 3.63) is 23.3 Å². The average molecular weight is 399 g/mol. The fourth-order valence-corrected chi connectivity index (χ4v) is 4.71. The molecular weight excluding hydrogens is 368 g/mol. The number of aryl methyl sites for hydroxylation is 2. The molecule has 2 rings (SSSR count). The van der Waals surface area contributed by atoms with Crippen LogP contribution in [0.1, 0.15) is 31.4 Å². The van der Waals surface area contributed by atoms with Crippen LogP contribution in [0.2, 0.25) is 0 Å². The number of morpholine rings is 1. The summed E-state index contributed by atoms with van der Waals surface area (Å²) < 4.78 is 39.3. The lowest BCUT2D eigenvalue weighted by molar-refractivity contribution is -0.137. The van der Waals surface area contributed by atoms with E-state index < -0.39 is 16.1 Å². The fraction of sp³-hybridized carbons (Fsp3) is 0.632. The zero-order valence-electron chi connectivity index (χ0n) is 16.7. The minimum Gasteiger partial charge on any atom is -0.496 e. The largest absolute Gasteiger partial charge is 0.496 e. The Morgan fingerprint density at radius 1 is 1.22 bits per heavy atom. The quantitative estimate of drug-likeness (QED) is 0.758. The van der Waals surface area contributed by atoms with Crippen LogP contribution in [0.5, 0.6) is 5.75 Å². The fourth-order valence-electron chi connectivity index (χ4n) is 3.20. The molecule has 0 spiro atoms. The molecule has 1 aromatic carbocycles. The summed E-state index contributed by atoms with van der Waals surface area (Å²) in [5, 5.41) is 0. The second-order valence-corrected chi connectivity index (χ2v) is 9.01. The van der Waals surface area contributed by atoms with Crippen molar-refractivity contribution in [1.82, 2.24) is 9.62 Å². The zero-order chi connectivity index (χ0) is 20.2. The van der Waals surface area contributed by atoms with Gasteiger partial charge in [0.1, 0.15) is 11.8 Å². The Morgan fingerprint density at radius 3 is 2.41 bits per heavy atom. The third-order valence-corrected chi connectivity index (χ3v) is 6.22. The molecule has 0 radical (unpaired) electrons. The van der Waals surface area contributed by atoms with E-state index >= 15 is 0 Å². The van der Waals surface area contributed by atoms with Gasteiger partial charge in [-0.25, -0.2) is 8.42 Å². The molecule has 152 valence electrons. The number of rotatable bonds is 7. The first-order chi connectivity index (χ1) is 12.7. The van der Waals surface area contributed by atoms with E-state index in [2.05, 4.69) is 4.72 Å². The lowest BCUT2D eigenvalue weighted by atomic mass is 10.0. The summed E-state index contributed by atoms with van der Waals surface area (Å²) in [6.45, 7) is 9.37. The predicted octanol–water partition coefficient (Wildman–Crippen LogP) is 1.86. The SMILES string of the molecule is COc1cc(C)c(S(=O)(=O)N[C@@H](CC(C)C)C(=O)N2CCOCC2)cc1C. The highest BCUT2D eigenvalue weighted by molar-refractivity contribution is 7.89. The third kappa shape index (κ3) is 5.43. The zero-order valence-corrected chi connectivity index (χ0v) is 17.6. The second-order valence-electron chi connectivity index (χ2n) is 7.33. The van der Waals surface area contributed by atoms with E-state index in [0.717, 1.165) is 5.56 Å². The highest BCUT2D eigenvalue weighted by atomic mass is 32.2. The van der Waals surface area contributed by atoms with Crippen molar-refractivity contribution >= 4 is 15.9 Å².